The number of alkyl halides is 2. The second-order valence-electron chi connectivity index (χ2n) is 9.40. The zero-order valence-corrected chi connectivity index (χ0v) is 22.3. The number of halogens is 3. The smallest absolute Gasteiger partial charge is 0.296 e. The Balaban J connectivity index is 1.31. The first kappa shape index (κ1) is 26.0. The summed E-state index contributed by atoms with van der Waals surface area (Å²) < 4.78 is 48.8. The average Bonchev–Trinajstić information content (AvgIpc) is 3.39. The summed E-state index contributed by atoms with van der Waals surface area (Å²) in [4.78, 5) is 14.6. The van der Waals surface area contributed by atoms with Crippen molar-refractivity contribution in [3.8, 4) is 23.0 Å². The van der Waals surface area contributed by atoms with Crippen LogP contribution in [0.15, 0.2) is 61.3 Å². The fraction of sp³-hybridized carbons (Fsp3) is 0.259. The number of hydrogen-bond donors (Lipinski definition) is 1. The number of hydrogen-bond acceptors (Lipinski definition) is 9. The number of benzene rings is 2. The Morgan fingerprint density at radius 3 is 2.75 bits per heavy atom. The molecular formula is C27H24ClF2N7O3. The SMILES string of the molecule is COc1ccc2ncnc(Nc3ccc(Oc4cnc5ccnn5c4)c(Cl)c3)c2c1O[C@@H]1CCN(C)CC1(F)F. The van der Waals surface area contributed by atoms with Crippen LogP contribution >= 0.6 is 11.6 Å². The summed E-state index contributed by atoms with van der Waals surface area (Å²) in [6.45, 7) is 0.0822. The molecule has 5 aromatic rings. The van der Waals surface area contributed by atoms with Gasteiger partial charge in [-0.1, -0.05) is 11.6 Å². The van der Waals surface area contributed by atoms with Gasteiger partial charge in [0.2, 0.25) is 0 Å². The van der Waals surface area contributed by atoms with Gasteiger partial charge >= 0.3 is 0 Å². The van der Waals surface area contributed by atoms with Crippen LogP contribution in [0.2, 0.25) is 5.02 Å². The normalized spacial score (nSPS) is 17.2. The van der Waals surface area contributed by atoms with Gasteiger partial charge < -0.3 is 24.4 Å². The lowest BCUT2D eigenvalue weighted by atomic mass is 10.0. The van der Waals surface area contributed by atoms with Gasteiger partial charge in [0.25, 0.3) is 5.92 Å². The number of rotatable bonds is 7. The van der Waals surface area contributed by atoms with Crippen LogP contribution in [0, 0.1) is 0 Å². The highest BCUT2D eigenvalue weighted by Crippen LogP contribution is 2.42. The molecule has 0 bridgehead atoms. The van der Waals surface area contributed by atoms with E-state index in [9.17, 15) is 8.78 Å². The minimum atomic E-state index is -3.05. The third-order valence-electron chi connectivity index (χ3n) is 6.57. The standard InChI is InChI=1S/C27H24ClF2N7O3/c1-36-10-8-22(27(29,30)14-36)40-25-21(38-2)6-4-19-24(25)26(33-15-32-19)35-16-3-5-20(18(28)11-16)39-17-12-31-23-7-9-34-37(23)13-17/h3-7,9,11-13,15,22H,8,10,14H2,1-2H3,(H,32,33,35)/t22-/m1/s1. The Hall–Kier alpha value is -4.29. The van der Waals surface area contributed by atoms with E-state index in [1.165, 1.54) is 13.4 Å². The molecule has 0 saturated carbocycles. The Kier molecular flexibility index (Phi) is 6.72. The van der Waals surface area contributed by atoms with Crippen LogP contribution < -0.4 is 19.5 Å². The number of likely N-dealkylation sites (tertiary alicyclic amines) is 1. The molecule has 1 aliphatic heterocycles. The molecule has 1 atom stereocenters. The van der Waals surface area contributed by atoms with Crippen molar-refractivity contribution < 1.29 is 23.0 Å². The zero-order chi connectivity index (χ0) is 27.9. The van der Waals surface area contributed by atoms with Gasteiger partial charge in [0.1, 0.15) is 17.9 Å². The molecule has 0 aliphatic carbocycles. The number of methoxy groups -OCH3 is 1. The molecule has 2 aromatic carbocycles. The van der Waals surface area contributed by atoms with Gasteiger partial charge in [0.05, 0.1) is 48.2 Å². The lowest BCUT2D eigenvalue weighted by molar-refractivity contribution is -0.135. The summed E-state index contributed by atoms with van der Waals surface area (Å²) in [6.07, 6.45) is 5.11. The van der Waals surface area contributed by atoms with Crippen molar-refractivity contribution >= 4 is 39.7 Å². The maximum atomic E-state index is 14.9. The van der Waals surface area contributed by atoms with Crippen molar-refractivity contribution in [1.29, 1.82) is 0 Å². The second kappa shape index (κ2) is 10.4. The summed E-state index contributed by atoms with van der Waals surface area (Å²) >= 11 is 6.54. The molecule has 0 radical (unpaired) electrons. The Morgan fingerprint density at radius 2 is 1.95 bits per heavy atom. The molecule has 206 valence electrons. The summed E-state index contributed by atoms with van der Waals surface area (Å²) in [5.74, 6) is -1.41. The average molecular weight is 568 g/mol. The highest BCUT2D eigenvalue weighted by atomic mass is 35.5. The molecule has 4 heterocycles. The fourth-order valence-corrected chi connectivity index (χ4v) is 4.84. The predicted molar refractivity (Wildman–Crippen MR) is 145 cm³/mol. The Morgan fingerprint density at radius 1 is 1.10 bits per heavy atom. The molecule has 0 unspecified atom stereocenters. The molecule has 1 saturated heterocycles. The van der Waals surface area contributed by atoms with E-state index in [1.807, 2.05) is 0 Å². The van der Waals surface area contributed by atoms with Gasteiger partial charge in [0.15, 0.2) is 29.0 Å². The van der Waals surface area contributed by atoms with Crippen LogP contribution in [0.5, 0.6) is 23.0 Å². The van der Waals surface area contributed by atoms with Crippen LogP contribution in [0.25, 0.3) is 16.6 Å². The molecule has 1 N–H and O–H groups in total. The first-order chi connectivity index (χ1) is 19.3. The van der Waals surface area contributed by atoms with E-state index in [4.69, 9.17) is 25.8 Å². The van der Waals surface area contributed by atoms with Crippen LogP contribution in [0.1, 0.15) is 6.42 Å². The largest absolute Gasteiger partial charge is 0.493 e. The van der Waals surface area contributed by atoms with Crippen molar-refractivity contribution in [2.24, 2.45) is 0 Å². The number of ether oxygens (including phenoxy) is 3. The van der Waals surface area contributed by atoms with Crippen LogP contribution in [-0.4, -0.2) is 68.7 Å². The zero-order valence-electron chi connectivity index (χ0n) is 21.5. The number of piperidine rings is 1. The molecule has 40 heavy (non-hydrogen) atoms. The number of nitrogens with one attached hydrogen (secondary N) is 1. The van der Waals surface area contributed by atoms with Gasteiger partial charge in [-0.05, 0) is 37.4 Å². The highest BCUT2D eigenvalue weighted by molar-refractivity contribution is 6.32. The Bertz CT molecular complexity index is 1700. The molecular weight excluding hydrogens is 544 g/mol. The van der Waals surface area contributed by atoms with E-state index in [2.05, 4.69) is 25.4 Å². The van der Waals surface area contributed by atoms with Crippen molar-refractivity contribution in [2.45, 2.75) is 18.4 Å². The quantitative estimate of drug-likeness (QED) is 0.270. The third kappa shape index (κ3) is 5.03. The van der Waals surface area contributed by atoms with Crippen molar-refractivity contribution in [2.75, 3.05) is 32.6 Å². The van der Waals surface area contributed by atoms with Gasteiger partial charge in [-0.25, -0.2) is 28.2 Å². The summed E-state index contributed by atoms with van der Waals surface area (Å²) in [7, 11) is 3.12. The summed E-state index contributed by atoms with van der Waals surface area (Å²) in [5.41, 5.74) is 1.77. The molecule has 1 fully saturated rings. The lowest BCUT2D eigenvalue weighted by Crippen LogP contribution is -2.52. The number of aromatic nitrogens is 5. The van der Waals surface area contributed by atoms with E-state index in [-0.39, 0.29) is 12.2 Å². The summed E-state index contributed by atoms with van der Waals surface area (Å²) in [5, 5.41) is 8.09. The third-order valence-corrected chi connectivity index (χ3v) is 6.87. The highest BCUT2D eigenvalue weighted by Gasteiger charge is 2.46. The van der Waals surface area contributed by atoms with Gasteiger partial charge in [-0.15, -0.1) is 0 Å². The second-order valence-corrected chi connectivity index (χ2v) is 9.81. The van der Waals surface area contributed by atoms with E-state index >= 15 is 0 Å². The van der Waals surface area contributed by atoms with Gasteiger partial charge in [-0.3, -0.25) is 0 Å². The minimum absolute atomic E-state index is 0.143. The molecule has 3 aromatic heterocycles. The monoisotopic (exact) mass is 567 g/mol. The maximum Gasteiger partial charge on any atom is 0.296 e. The number of nitrogens with zero attached hydrogens (tertiary/aromatic N) is 6. The van der Waals surface area contributed by atoms with Crippen molar-refractivity contribution in [3.63, 3.8) is 0 Å². The molecule has 0 spiro atoms. The maximum absolute atomic E-state index is 14.9. The molecule has 13 heteroatoms. The Labute approximate surface area is 232 Å². The van der Waals surface area contributed by atoms with E-state index in [1.54, 1.807) is 71.5 Å². The minimum Gasteiger partial charge on any atom is -0.493 e. The first-order valence-corrected chi connectivity index (χ1v) is 12.8. The van der Waals surface area contributed by atoms with E-state index < -0.39 is 18.6 Å². The molecule has 10 nitrogen and oxygen atoms in total. The van der Waals surface area contributed by atoms with Crippen LogP contribution in [0.4, 0.5) is 20.3 Å². The summed E-state index contributed by atoms with van der Waals surface area (Å²) in [6, 6.07) is 10.2. The number of anilines is 2. The molecule has 6 rings (SSSR count). The van der Waals surface area contributed by atoms with Gasteiger partial charge in [-0.2, -0.15) is 5.10 Å². The van der Waals surface area contributed by atoms with Crippen LogP contribution in [0.3, 0.4) is 0 Å². The lowest BCUT2D eigenvalue weighted by Gasteiger charge is -2.36. The van der Waals surface area contributed by atoms with Crippen molar-refractivity contribution in [3.05, 3.63) is 66.3 Å². The van der Waals surface area contributed by atoms with Crippen LogP contribution in [-0.2, 0) is 0 Å². The molecule has 0 amide bonds. The van der Waals surface area contributed by atoms with Gasteiger partial charge in [0, 0.05) is 24.7 Å². The van der Waals surface area contributed by atoms with E-state index in [0.717, 1.165) is 0 Å². The molecule has 1 aliphatic rings. The predicted octanol–water partition coefficient (Wildman–Crippen LogP) is 5.59. The van der Waals surface area contributed by atoms with Crippen molar-refractivity contribution in [1.82, 2.24) is 29.5 Å². The first-order valence-electron chi connectivity index (χ1n) is 12.4. The van der Waals surface area contributed by atoms with E-state index in [0.29, 0.717) is 56.9 Å². The fourth-order valence-electron chi connectivity index (χ4n) is 4.62. The topological polar surface area (TPSA) is 98.9 Å². The number of fused-ring (bicyclic) bond motifs is 2.